The number of fused-ring (bicyclic) bond motifs is 12. The van der Waals surface area contributed by atoms with E-state index in [1.165, 1.54) is 45.9 Å². The highest BCUT2D eigenvalue weighted by Gasteiger charge is 2.22. The van der Waals surface area contributed by atoms with Crippen LogP contribution >= 0.6 is 0 Å². The number of hydrogen-bond donors (Lipinski definition) is 0. The summed E-state index contributed by atoms with van der Waals surface area (Å²) in [6, 6.07) is 61.0. The van der Waals surface area contributed by atoms with Crippen LogP contribution in [0.3, 0.4) is 0 Å². The number of halogens is 1. The molecule has 16 aromatic rings. The van der Waals surface area contributed by atoms with Gasteiger partial charge in [0.15, 0.2) is 46.7 Å². The lowest BCUT2D eigenvalue weighted by Crippen LogP contribution is -2.34. The van der Waals surface area contributed by atoms with Crippen LogP contribution < -0.4 is 18.3 Å². The fourth-order valence-corrected chi connectivity index (χ4v) is 12.5. The standard InChI is InChI=1S/C21H17N2O.C20H14FN2O.2C20H15N2O/c1-13-10-20-18(16-9-8-15(22-3)11-21(16)24-20)12-17(13)19-7-5-6-14(2)23(19)4;1-12-8-19-17(15-6-5-14(22-2)9-20(15)24-19)10-16(12)18-7-4-13(21)11-23(18)3;1-13-11-19-15(12-14(13)17-8-4-5-10-22(17)3)20-16(21-2)7-6-9-18(20)23-19;1-13-10-20-17(12-15(13)18-6-4-5-9-22(18)3)16-11-14(21-2)7-8-19(16)23-20/h5-12H,1-2,4H3;4-11H,1,3H3;2*4-12H,1,3H3/q4*+1. The maximum atomic E-state index is 13.4. The summed E-state index contributed by atoms with van der Waals surface area (Å²) in [6.07, 6.45) is 5.55. The van der Waals surface area contributed by atoms with Crippen LogP contribution in [-0.4, -0.2) is 0 Å². The zero-order valence-electron chi connectivity index (χ0n) is 53.2. The Morgan fingerprint density at radius 2 is 0.745 bits per heavy atom. The third-order valence-corrected chi connectivity index (χ3v) is 17.5. The summed E-state index contributed by atoms with van der Waals surface area (Å²) >= 11 is 0. The van der Waals surface area contributed by atoms with Crippen molar-refractivity contribution >= 4 is 111 Å². The Morgan fingerprint density at radius 3 is 1.26 bits per heavy atom. The van der Waals surface area contributed by atoms with Gasteiger partial charge in [0, 0.05) is 115 Å². The molecule has 0 aliphatic heterocycles. The van der Waals surface area contributed by atoms with Crippen LogP contribution in [0.5, 0.6) is 0 Å². The summed E-state index contributed by atoms with van der Waals surface area (Å²) in [5.74, 6) is -0.264. The molecular weight excluding hydrogens is 1170 g/mol. The molecule has 0 aliphatic carbocycles. The molecule has 0 bridgehead atoms. The fraction of sp³-hybridized carbons (Fsp3) is 0.111. The molecule has 0 saturated carbocycles. The van der Waals surface area contributed by atoms with Gasteiger partial charge in [-0.25, -0.2) is 32.9 Å². The number of hydrogen-bond acceptors (Lipinski definition) is 4. The molecule has 8 aromatic carbocycles. The number of furan rings is 4. The van der Waals surface area contributed by atoms with Crippen LogP contribution in [0, 0.1) is 66.7 Å². The van der Waals surface area contributed by atoms with E-state index in [2.05, 4.69) is 141 Å². The number of benzene rings is 8. The summed E-state index contributed by atoms with van der Waals surface area (Å²) in [4.78, 5) is 14.1. The molecule has 0 saturated heterocycles. The van der Waals surface area contributed by atoms with Crippen molar-refractivity contribution in [3.05, 3.63) is 286 Å². The Kier molecular flexibility index (Phi) is 15.8. The van der Waals surface area contributed by atoms with Gasteiger partial charge in [0.2, 0.25) is 29.0 Å². The van der Waals surface area contributed by atoms with Gasteiger partial charge < -0.3 is 17.7 Å². The number of aryl methyl sites for hydroxylation is 8. The average Bonchev–Trinajstić information content (AvgIpc) is 1.63. The molecule has 0 fully saturated rings. The van der Waals surface area contributed by atoms with Crippen LogP contribution in [0.4, 0.5) is 27.1 Å². The lowest BCUT2D eigenvalue weighted by molar-refractivity contribution is -0.666. The first-order valence-electron chi connectivity index (χ1n) is 30.4. The van der Waals surface area contributed by atoms with Crippen molar-refractivity contribution in [2.45, 2.75) is 34.6 Å². The molecule has 452 valence electrons. The topological polar surface area (TPSA) is 85.5 Å². The monoisotopic (exact) mass is 1230 g/mol. The number of rotatable bonds is 4. The summed E-state index contributed by atoms with van der Waals surface area (Å²) in [5, 5.41) is 8.05. The van der Waals surface area contributed by atoms with Gasteiger partial charge in [0.1, 0.15) is 72.9 Å². The van der Waals surface area contributed by atoms with E-state index in [1.54, 1.807) is 28.8 Å². The first-order chi connectivity index (χ1) is 45.5. The summed E-state index contributed by atoms with van der Waals surface area (Å²) in [6.45, 7) is 39.3. The summed E-state index contributed by atoms with van der Waals surface area (Å²) in [5.41, 5.74) is 23.6. The normalized spacial score (nSPS) is 11.0. The molecule has 0 spiro atoms. The van der Waals surface area contributed by atoms with E-state index in [0.29, 0.717) is 28.3 Å². The highest BCUT2D eigenvalue weighted by atomic mass is 19.1. The first kappa shape index (κ1) is 60.4. The Bertz CT molecular complexity index is 5960. The van der Waals surface area contributed by atoms with Gasteiger partial charge in [-0.1, -0.05) is 42.5 Å². The molecule has 13 heteroatoms. The van der Waals surface area contributed by atoms with Crippen molar-refractivity contribution in [3.63, 3.8) is 0 Å². The Morgan fingerprint density at radius 1 is 0.330 bits per heavy atom. The van der Waals surface area contributed by atoms with E-state index in [0.717, 1.165) is 122 Å². The SMILES string of the molecule is [C-]#[N+]c1ccc2c(c1)oc1cc(C)c(-c3ccc(F)c[n+]3C)cc12.[C-]#[N+]c1ccc2c(c1)oc1cc(C)c(-c3cccc(C)[n+]3C)cc12.[C-]#[N+]c1ccc2oc3cc(C)c(-c4cccc[n+]4C)cc3c2c1.[C-]#[N+]c1cccc2oc3cc(C)c(-c4cccc[n+]4C)cc3c12. The average molecular weight is 1230 g/mol. The van der Waals surface area contributed by atoms with Crippen molar-refractivity contribution < 1.29 is 40.3 Å². The van der Waals surface area contributed by atoms with Crippen molar-refractivity contribution in [1.82, 2.24) is 0 Å². The van der Waals surface area contributed by atoms with Crippen molar-refractivity contribution in [2.75, 3.05) is 0 Å². The second-order valence-electron chi connectivity index (χ2n) is 23.5. The maximum Gasteiger partial charge on any atom is 0.212 e. The van der Waals surface area contributed by atoms with Crippen molar-refractivity contribution in [1.29, 1.82) is 0 Å². The largest absolute Gasteiger partial charge is 0.457 e. The summed E-state index contributed by atoms with van der Waals surface area (Å²) in [7, 11) is 8.00. The molecule has 0 N–H and O–H groups in total. The van der Waals surface area contributed by atoms with Gasteiger partial charge in [-0.2, -0.15) is 9.13 Å². The molecule has 12 nitrogen and oxygen atoms in total. The molecule has 8 heterocycles. The molecule has 0 radical (unpaired) electrons. The van der Waals surface area contributed by atoms with Crippen molar-refractivity contribution in [2.24, 2.45) is 28.2 Å². The van der Waals surface area contributed by atoms with E-state index in [9.17, 15) is 4.39 Å². The Hall–Kier alpha value is -12.6. The predicted molar refractivity (Wildman–Crippen MR) is 370 cm³/mol. The van der Waals surface area contributed by atoms with Crippen molar-refractivity contribution in [3.8, 4) is 45.0 Å². The smallest absolute Gasteiger partial charge is 0.212 e. The van der Waals surface area contributed by atoms with Gasteiger partial charge in [-0.05, 0) is 153 Å². The minimum absolute atomic E-state index is 0.264. The number of pyridine rings is 4. The Balaban J connectivity index is 0.000000114. The quantitative estimate of drug-likeness (QED) is 0.130. The van der Waals surface area contributed by atoms with Gasteiger partial charge in [-0.15, -0.1) is 0 Å². The van der Waals surface area contributed by atoms with E-state index in [1.807, 2.05) is 125 Å². The second kappa shape index (κ2) is 24.7. The maximum absolute atomic E-state index is 13.4. The van der Waals surface area contributed by atoms with Gasteiger partial charge >= 0.3 is 0 Å². The van der Waals surface area contributed by atoms with Gasteiger partial charge in [0.05, 0.1) is 26.3 Å². The van der Waals surface area contributed by atoms with E-state index >= 15 is 0 Å². The lowest BCUT2D eigenvalue weighted by Gasteiger charge is -2.06. The molecule has 0 atom stereocenters. The van der Waals surface area contributed by atoms with Gasteiger partial charge in [-0.3, -0.25) is 0 Å². The molecule has 0 unspecified atom stereocenters. The molecule has 16 rings (SSSR count). The summed E-state index contributed by atoms with van der Waals surface area (Å²) < 4.78 is 45.4. The van der Waals surface area contributed by atoms with Crippen LogP contribution in [0.1, 0.15) is 27.9 Å². The molecular formula is C81H61FN8O4+4. The van der Waals surface area contributed by atoms with E-state index in [4.69, 9.17) is 44.0 Å². The van der Waals surface area contributed by atoms with Crippen LogP contribution in [0.2, 0.25) is 0 Å². The van der Waals surface area contributed by atoms with Crippen LogP contribution in [0.25, 0.3) is 152 Å². The third kappa shape index (κ3) is 11.1. The minimum Gasteiger partial charge on any atom is -0.457 e. The molecule has 8 aromatic heterocycles. The zero-order chi connectivity index (χ0) is 65.6. The van der Waals surface area contributed by atoms with E-state index < -0.39 is 0 Å². The lowest BCUT2D eigenvalue weighted by atomic mass is 10.0. The molecule has 0 aliphatic rings. The van der Waals surface area contributed by atoms with Gasteiger partial charge in [0.25, 0.3) is 0 Å². The zero-order valence-corrected chi connectivity index (χ0v) is 53.2. The predicted octanol–water partition coefficient (Wildman–Crippen LogP) is 20.2. The minimum atomic E-state index is -0.264. The number of nitrogens with zero attached hydrogens (tertiary/aromatic N) is 8. The second-order valence-corrected chi connectivity index (χ2v) is 23.5. The molecule has 0 amide bonds. The van der Waals surface area contributed by atoms with Crippen LogP contribution in [0.15, 0.2) is 224 Å². The van der Waals surface area contributed by atoms with Crippen LogP contribution in [-0.2, 0) is 28.2 Å². The first-order valence-corrected chi connectivity index (χ1v) is 30.4. The van der Waals surface area contributed by atoms with E-state index in [-0.39, 0.29) is 5.82 Å². The number of aromatic nitrogens is 4. The highest BCUT2D eigenvalue weighted by Crippen LogP contribution is 2.41. The fourth-order valence-electron chi connectivity index (χ4n) is 12.5. The molecule has 94 heavy (non-hydrogen) atoms. The third-order valence-electron chi connectivity index (χ3n) is 17.5. The highest BCUT2D eigenvalue weighted by molar-refractivity contribution is 6.13. The Labute approximate surface area is 542 Å².